The number of amides is 1. The topological polar surface area (TPSA) is 54.9 Å². The summed E-state index contributed by atoms with van der Waals surface area (Å²) in [6, 6.07) is 9.22. The molecular weight excluding hydrogens is 354 g/mol. The second kappa shape index (κ2) is 8.38. The molecule has 1 aromatic carbocycles. The molecule has 0 N–H and O–H groups in total. The van der Waals surface area contributed by atoms with Crippen LogP contribution < -0.4 is 9.47 Å². The van der Waals surface area contributed by atoms with E-state index in [1.165, 1.54) is 14.2 Å². The van der Waals surface area contributed by atoms with Crippen LogP contribution in [0.2, 0.25) is 5.02 Å². The minimum atomic E-state index is -0.0506. The number of hydrogen-bond donors (Lipinski definition) is 0. The maximum absolute atomic E-state index is 12.8. The van der Waals surface area contributed by atoms with Crippen molar-refractivity contribution in [1.82, 2.24) is 14.8 Å². The number of ether oxygens (including phenoxy) is 2. The third-order valence-corrected chi connectivity index (χ3v) is 4.73. The van der Waals surface area contributed by atoms with Gasteiger partial charge in [-0.15, -0.1) is 0 Å². The first kappa shape index (κ1) is 18.5. The van der Waals surface area contributed by atoms with Crippen LogP contribution in [0.25, 0.3) is 0 Å². The Balaban J connectivity index is 1.64. The first-order valence-corrected chi connectivity index (χ1v) is 8.83. The fourth-order valence-corrected chi connectivity index (χ4v) is 3.34. The second-order valence-corrected chi connectivity index (χ2v) is 6.49. The lowest BCUT2D eigenvalue weighted by Gasteiger charge is -2.34. The summed E-state index contributed by atoms with van der Waals surface area (Å²) in [6.07, 6.45) is 1.80. The molecule has 2 aromatic rings. The van der Waals surface area contributed by atoms with Crippen LogP contribution in [0, 0.1) is 0 Å². The van der Waals surface area contributed by atoms with Gasteiger partial charge in [-0.1, -0.05) is 17.7 Å². The Kier molecular flexibility index (Phi) is 5.96. The standard InChI is InChI=1S/C19H22ClN3O3/c1-25-17-12-14(11-16(20)18(17)26-2)19(24)23-9-7-22(8-10-23)13-15-5-3-4-6-21-15/h3-6,11-12H,7-10,13H2,1-2H3. The monoisotopic (exact) mass is 375 g/mol. The van der Waals surface area contributed by atoms with Crippen LogP contribution in [0.3, 0.4) is 0 Å². The SMILES string of the molecule is COc1cc(C(=O)N2CCN(Cc3ccccn3)CC2)cc(Cl)c1OC. The molecule has 1 aliphatic rings. The lowest BCUT2D eigenvalue weighted by Crippen LogP contribution is -2.48. The van der Waals surface area contributed by atoms with Crippen LogP contribution in [0.1, 0.15) is 16.1 Å². The first-order chi connectivity index (χ1) is 12.6. The molecule has 0 atom stereocenters. The normalized spacial score (nSPS) is 15.0. The summed E-state index contributed by atoms with van der Waals surface area (Å²) in [5.74, 6) is 0.841. The minimum absolute atomic E-state index is 0.0506. The van der Waals surface area contributed by atoms with Crippen LogP contribution in [0.4, 0.5) is 0 Å². The van der Waals surface area contributed by atoms with Crippen LogP contribution in [-0.4, -0.2) is 61.1 Å². The highest BCUT2D eigenvalue weighted by atomic mass is 35.5. The van der Waals surface area contributed by atoms with Crippen molar-refractivity contribution < 1.29 is 14.3 Å². The van der Waals surface area contributed by atoms with E-state index in [0.29, 0.717) is 35.2 Å². The van der Waals surface area contributed by atoms with Crippen molar-refractivity contribution >= 4 is 17.5 Å². The fraction of sp³-hybridized carbons (Fsp3) is 0.368. The van der Waals surface area contributed by atoms with Crippen molar-refractivity contribution in [2.24, 2.45) is 0 Å². The number of pyridine rings is 1. The van der Waals surface area contributed by atoms with Gasteiger partial charge in [0.1, 0.15) is 0 Å². The Labute approximate surface area is 158 Å². The molecule has 138 valence electrons. The summed E-state index contributed by atoms with van der Waals surface area (Å²) in [5, 5.41) is 0.365. The number of carbonyl (C=O) groups excluding carboxylic acids is 1. The number of halogens is 1. The number of methoxy groups -OCH3 is 2. The number of carbonyl (C=O) groups is 1. The third kappa shape index (κ3) is 4.08. The maximum atomic E-state index is 12.8. The molecular formula is C19H22ClN3O3. The van der Waals surface area contributed by atoms with Gasteiger partial charge in [-0.2, -0.15) is 0 Å². The molecule has 3 rings (SSSR count). The van der Waals surface area contributed by atoms with Gasteiger partial charge >= 0.3 is 0 Å². The van der Waals surface area contributed by atoms with Gasteiger partial charge in [0.05, 0.1) is 24.9 Å². The van der Waals surface area contributed by atoms with E-state index in [1.54, 1.807) is 18.3 Å². The quantitative estimate of drug-likeness (QED) is 0.804. The highest BCUT2D eigenvalue weighted by molar-refractivity contribution is 6.32. The van der Waals surface area contributed by atoms with Crippen molar-refractivity contribution in [1.29, 1.82) is 0 Å². The molecule has 1 saturated heterocycles. The second-order valence-electron chi connectivity index (χ2n) is 6.08. The Hall–Kier alpha value is -2.31. The van der Waals surface area contributed by atoms with Crippen LogP contribution in [0.15, 0.2) is 36.5 Å². The highest BCUT2D eigenvalue weighted by Crippen LogP contribution is 2.36. The predicted molar refractivity (Wildman–Crippen MR) is 100.0 cm³/mol. The Bertz CT molecular complexity index is 762. The summed E-state index contributed by atoms with van der Waals surface area (Å²) < 4.78 is 10.5. The summed E-state index contributed by atoms with van der Waals surface area (Å²) in [4.78, 5) is 21.3. The smallest absolute Gasteiger partial charge is 0.254 e. The number of nitrogens with zero attached hydrogens (tertiary/aromatic N) is 3. The highest BCUT2D eigenvalue weighted by Gasteiger charge is 2.24. The Morgan fingerprint density at radius 2 is 1.92 bits per heavy atom. The van der Waals surface area contributed by atoms with Gasteiger partial charge in [-0.05, 0) is 24.3 Å². The number of hydrogen-bond acceptors (Lipinski definition) is 5. The van der Waals surface area contributed by atoms with Crippen molar-refractivity contribution in [3.05, 3.63) is 52.8 Å². The summed E-state index contributed by atoms with van der Waals surface area (Å²) in [6.45, 7) is 3.74. The predicted octanol–water partition coefficient (Wildman–Crippen LogP) is 2.71. The van der Waals surface area contributed by atoms with Crippen molar-refractivity contribution in [3.8, 4) is 11.5 Å². The molecule has 0 saturated carbocycles. The van der Waals surface area contributed by atoms with E-state index >= 15 is 0 Å². The average molecular weight is 376 g/mol. The van der Waals surface area contributed by atoms with Gasteiger partial charge in [0.2, 0.25) is 0 Å². The number of benzene rings is 1. The van der Waals surface area contributed by atoms with E-state index in [9.17, 15) is 4.79 Å². The molecule has 26 heavy (non-hydrogen) atoms. The van der Waals surface area contributed by atoms with Gasteiger partial charge in [-0.25, -0.2) is 0 Å². The van der Waals surface area contributed by atoms with E-state index in [1.807, 2.05) is 23.1 Å². The molecule has 0 unspecified atom stereocenters. The van der Waals surface area contributed by atoms with E-state index in [2.05, 4.69) is 9.88 Å². The molecule has 1 fully saturated rings. The lowest BCUT2D eigenvalue weighted by atomic mass is 10.1. The molecule has 1 amide bonds. The number of rotatable bonds is 5. The molecule has 6 nitrogen and oxygen atoms in total. The van der Waals surface area contributed by atoms with Gasteiger partial charge in [-0.3, -0.25) is 14.7 Å². The molecule has 0 spiro atoms. The number of aromatic nitrogens is 1. The van der Waals surface area contributed by atoms with Gasteiger partial charge in [0.25, 0.3) is 5.91 Å². The summed E-state index contributed by atoms with van der Waals surface area (Å²) in [5.41, 5.74) is 1.55. The van der Waals surface area contributed by atoms with Crippen LogP contribution in [0.5, 0.6) is 11.5 Å². The molecule has 0 bridgehead atoms. The molecule has 0 radical (unpaired) electrons. The van der Waals surface area contributed by atoms with E-state index in [4.69, 9.17) is 21.1 Å². The van der Waals surface area contributed by atoms with Crippen LogP contribution in [-0.2, 0) is 6.54 Å². The minimum Gasteiger partial charge on any atom is -0.493 e. The zero-order valence-electron chi connectivity index (χ0n) is 14.9. The van der Waals surface area contributed by atoms with Crippen LogP contribution >= 0.6 is 11.6 Å². The number of piperazine rings is 1. The fourth-order valence-electron chi connectivity index (χ4n) is 3.05. The van der Waals surface area contributed by atoms with Gasteiger partial charge in [0.15, 0.2) is 11.5 Å². The molecule has 7 heteroatoms. The van der Waals surface area contributed by atoms with Crippen molar-refractivity contribution in [2.45, 2.75) is 6.54 Å². The zero-order valence-corrected chi connectivity index (χ0v) is 15.7. The Morgan fingerprint density at radius 1 is 1.15 bits per heavy atom. The zero-order chi connectivity index (χ0) is 18.5. The first-order valence-electron chi connectivity index (χ1n) is 8.45. The largest absolute Gasteiger partial charge is 0.493 e. The van der Waals surface area contributed by atoms with E-state index in [-0.39, 0.29) is 5.91 Å². The average Bonchev–Trinajstić information content (AvgIpc) is 2.68. The van der Waals surface area contributed by atoms with E-state index in [0.717, 1.165) is 25.3 Å². The maximum Gasteiger partial charge on any atom is 0.254 e. The molecule has 1 aliphatic heterocycles. The van der Waals surface area contributed by atoms with Crippen molar-refractivity contribution in [3.63, 3.8) is 0 Å². The summed E-state index contributed by atoms with van der Waals surface area (Å²) in [7, 11) is 3.05. The van der Waals surface area contributed by atoms with Crippen molar-refractivity contribution in [2.75, 3.05) is 40.4 Å². The van der Waals surface area contributed by atoms with E-state index < -0.39 is 0 Å². The lowest BCUT2D eigenvalue weighted by molar-refractivity contribution is 0.0626. The van der Waals surface area contributed by atoms with Gasteiger partial charge in [0, 0.05) is 44.5 Å². The summed E-state index contributed by atoms with van der Waals surface area (Å²) >= 11 is 6.22. The Morgan fingerprint density at radius 3 is 2.54 bits per heavy atom. The molecule has 0 aliphatic carbocycles. The molecule has 2 heterocycles. The van der Waals surface area contributed by atoms with Gasteiger partial charge < -0.3 is 14.4 Å². The third-order valence-electron chi connectivity index (χ3n) is 4.45. The molecule has 1 aromatic heterocycles.